The lowest BCUT2D eigenvalue weighted by Crippen LogP contribution is -1.99. The number of hydrogen-bond donors (Lipinski definition) is 4. The Morgan fingerprint density at radius 1 is 0.960 bits per heavy atom. The molecule has 4 N–H and O–H groups in total. The summed E-state index contributed by atoms with van der Waals surface area (Å²) in [4.78, 5) is 9.36. The molecular weight excluding hydrogens is 358 g/mol. The van der Waals surface area contributed by atoms with Crippen LogP contribution in [0.1, 0.15) is 0 Å². The molecule has 0 aliphatic rings. The summed E-state index contributed by atoms with van der Waals surface area (Å²) in [5, 5.41) is 17.0. The van der Waals surface area contributed by atoms with E-state index in [4.69, 9.17) is 11.6 Å². The van der Waals surface area contributed by atoms with Gasteiger partial charge in [0.25, 0.3) is 0 Å². The number of aromatic hydroxyl groups is 1. The van der Waals surface area contributed by atoms with Crippen LogP contribution in [0.5, 0.6) is 5.75 Å². The molecule has 25 heavy (non-hydrogen) atoms. The summed E-state index contributed by atoms with van der Waals surface area (Å²) in [6.45, 7) is 0. The van der Waals surface area contributed by atoms with E-state index in [1.807, 2.05) is 31.3 Å². The number of anilines is 4. The zero-order valence-electron chi connectivity index (χ0n) is 13.3. The maximum absolute atomic E-state index is 10.0. The average Bonchev–Trinajstić information content (AvgIpc) is 2.61. The Kier molecular flexibility index (Phi) is 5.60. The first-order valence-corrected chi connectivity index (χ1v) is 8.62. The first-order chi connectivity index (χ1) is 12.1. The lowest BCUT2D eigenvalue weighted by Gasteiger charge is -2.11. The molecule has 6 nitrogen and oxygen atoms in total. The van der Waals surface area contributed by atoms with E-state index in [1.165, 1.54) is 18.3 Å². The molecule has 0 saturated heterocycles. The first kappa shape index (κ1) is 17.3. The van der Waals surface area contributed by atoms with Crippen LogP contribution in [0.15, 0.2) is 59.8 Å². The van der Waals surface area contributed by atoms with Crippen molar-refractivity contribution in [2.75, 3.05) is 17.7 Å². The normalized spacial score (nSPS) is 10.5. The van der Waals surface area contributed by atoms with Crippen molar-refractivity contribution in [1.29, 1.82) is 0 Å². The Bertz CT molecular complexity index is 860. The predicted octanol–water partition coefficient (Wildman–Crippen LogP) is 4.55. The van der Waals surface area contributed by atoms with Gasteiger partial charge < -0.3 is 15.7 Å². The molecule has 0 spiro atoms. The van der Waals surface area contributed by atoms with E-state index in [1.54, 1.807) is 24.3 Å². The predicted molar refractivity (Wildman–Crippen MR) is 103 cm³/mol. The third-order valence-electron chi connectivity index (χ3n) is 3.23. The third kappa shape index (κ3) is 4.76. The van der Waals surface area contributed by atoms with Gasteiger partial charge in [-0.25, -0.2) is 9.97 Å². The van der Waals surface area contributed by atoms with Gasteiger partial charge in [-0.3, -0.25) is 4.72 Å². The van der Waals surface area contributed by atoms with Gasteiger partial charge in [-0.15, -0.1) is 0 Å². The van der Waals surface area contributed by atoms with Gasteiger partial charge in [0.05, 0.1) is 5.69 Å². The van der Waals surface area contributed by atoms with Crippen molar-refractivity contribution in [3.8, 4) is 5.75 Å². The van der Waals surface area contributed by atoms with E-state index >= 15 is 0 Å². The Morgan fingerprint density at radius 3 is 2.40 bits per heavy atom. The van der Waals surface area contributed by atoms with Crippen LogP contribution in [0.4, 0.5) is 23.0 Å². The maximum Gasteiger partial charge on any atom is 0.139 e. The van der Waals surface area contributed by atoms with Crippen molar-refractivity contribution in [2.45, 2.75) is 4.90 Å². The molecule has 0 atom stereocenters. The SMILES string of the molecule is CNSc1ccc(O)c(Nc2cc(Nc3ccc(Cl)cc3)ncn2)c1. The minimum atomic E-state index is 0.145. The van der Waals surface area contributed by atoms with Crippen LogP contribution in [0.3, 0.4) is 0 Å². The van der Waals surface area contributed by atoms with Crippen molar-refractivity contribution in [2.24, 2.45) is 0 Å². The summed E-state index contributed by atoms with van der Waals surface area (Å²) >= 11 is 7.34. The van der Waals surface area contributed by atoms with Crippen LogP contribution in [0.25, 0.3) is 0 Å². The minimum absolute atomic E-state index is 0.145. The van der Waals surface area contributed by atoms with Gasteiger partial charge >= 0.3 is 0 Å². The molecule has 3 aromatic rings. The van der Waals surface area contributed by atoms with E-state index in [-0.39, 0.29) is 5.75 Å². The number of nitrogens with one attached hydrogen (secondary N) is 3. The maximum atomic E-state index is 10.0. The molecule has 1 aromatic heterocycles. The molecule has 0 radical (unpaired) electrons. The number of nitrogens with zero attached hydrogens (tertiary/aromatic N) is 2. The summed E-state index contributed by atoms with van der Waals surface area (Å²) in [5.41, 5.74) is 1.43. The van der Waals surface area contributed by atoms with E-state index in [0.29, 0.717) is 22.3 Å². The number of halogens is 1. The minimum Gasteiger partial charge on any atom is -0.506 e. The zero-order chi connectivity index (χ0) is 17.6. The molecule has 0 saturated carbocycles. The molecule has 2 aromatic carbocycles. The van der Waals surface area contributed by atoms with Crippen LogP contribution in [0.2, 0.25) is 5.02 Å². The van der Waals surface area contributed by atoms with Crippen molar-refractivity contribution in [3.05, 3.63) is 59.9 Å². The highest BCUT2D eigenvalue weighted by molar-refractivity contribution is 7.97. The quantitative estimate of drug-likeness (QED) is 0.372. The second-order valence-electron chi connectivity index (χ2n) is 5.03. The topological polar surface area (TPSA) is 82.1 Å². The van der Waals surface area contributed by atoms with Crippen molar-refractivity contribution in [1.82, 2.24) is 14.7 Å². The summed E-state index contributed by atoms with van der Waals surface area (Å²) in [6, 6.07) is 14.4. The smallest absolute Gasteiger partial charge is 0.139 e. The highest BCUT2D eigenvalue weighted by Gasteiger charge is 2.06. The third-order valence-corrected chi connectivity index (χ3v) is 4.18. The molecule has 0 aliphatic carbocycles. The largest absolute Gasteiger partial charge is 0.506 e. The number of phenolic OH excluding ortho intramolecular Hbond substituents is 1. The molecule has 3 rings (SSSR count). The van der Waals surface area contributed by atoms with Crippen LogP contribution in [-0.4, -0.2) is 22.1 Å². The number of phenols is 1. The zero-order valence-corrected chi connectivity index (χ0v) is 14.9. The molecule has 0 aliphatic heterocycles. The lowest BCUT2D eigenvalue weighted by molar-refractivity contribution is 0.477. The first-order valence-electron chi connectivity index (χ1n) is 7.42. The second kappa shape index (κ2) is 8.06. The molecule has 0 bridgehead atoms. The van der Waals surface area contributed by atoms with Crippen LogP contribution >= 0.6 is 23.5 Å². The van der Waals surface area contributed by atoms with Gasteiger partial charge in [0, 0.05) is 21.7 Å². The fourth-order valence-corrected chi connectivity index (χ4v) is 2.78. The Hall–Kier alpha value is -2.48. The Morgan fingerprint density at radius 2 is 1.68 bits per heavy atom. The number of hydrogen-bond acceptors (Lipinski definition) is 7. The molecule has 128 valence electrons. The highest BCUT2D eigenvalue weighted by Crippen LogP contribution is 2.30. The van der Waals surface area contributed by atoms with Gasteiger partial charge in [-0.2, -0.15) is 0 Å². The van der Waals surface area contributed by atoms with E-state index in [9.17, 15) is 5.11 Å². The summed E-state index contributed by atoms with van der Waals surface area (Å²) < 4.78 is 3.00. The molecule has 0 amide bonds. The fraction of sp³-hybridized carbons (Fsp3) is 0.0588. The van der Waals surface area contributed by atoms with Crippen LogP contribution < -0.4 is 15.4 Å². The van der Waals surface area contributed by atoms with E-state index in [0.717, 1.165) is 10.6 Å². The Labute approximate surface area is 154 Å². The number of benzene rings is 2. The van der Waals surface area contributed by atoms with Gasteiger partial charge in [0.1, 0.15) is 23.7 Å². The fourth-order valence-electron chi connectivity index (χ4n) is 2.11. The summed E-state index contributed by atoms with van der Waals surface area (Å²) in [7, 11) is 1.84. The van der Waals surface area contributed by atoms with E-state index < -0.39 is 0 Å². The van der Waals surface area contributed by atoms with Gasteiger partial charge in [0.15, 0.2) is 0 Å². The molecule has 8 heteroatoms. The number of rotatable bonds is 6. The highest BCUT2D eigenvalue weighted by atomic mass is 35.5. The molecule has 1 heterocycles. The van der Waals surface area contributed by atoms with Gasteiger partial charge in [-0.1, -0.05) is 11.6 Å². The van der Waals surface area contributed by atoms with Crippen LogP contribution in [0, 0.1) is 0 Å². The Balaban J connectivity index is 1.77. The van der Waals surface area contributed by atoms with Gasteiger partial charge in [0.2, 0.25) is 0 Å². The van der Waals surface area contributed by atoms with Crippen molar-refractivity contribution >= 4 is 46.6 Å². The van der Waals surface area contributed by atoms with Gasteiger partial charge in [-0.05, 0) is 61.5 Å². The molecular formula is C17H16ClN5OS. The average molecular weight is 374 g/mol. The molecule has 0 fully saturated rings. The standard InChI is InChI=1S/C17H16ClN5OS/c1-19-25-13-6-7-15(24)14(8-13)23-17-9-16(20-10-21-17)22-12-4-2-11(18)3-5-12/h2-10,19,24H,1H3,(H2,20,21,22,23). The number of aromatic nitrogens is 2. The molecule has 0 unspecified atom stereocenters. The lowest BCUT2D eigenvalue weighted by atomic mass is 10.3. The van der Waals surface area contributed by atoms with E-state index in [2.05, 4.69) is 25.3 Å². The monoisotopic (exact) mass is 373 g/mol. The second-order valence-corrected chi connectivity index (χ2v) is 6.55. The van der Waals surface area contributed by atoms with Crippen molar-refractivity contribution in [3.63, 3.8) is 0 Å². The van der Waals surface area contributed by atoms with Crippen molar-refractivity contribution < 1.29 is 5.11 Å². The summed E-state index contributed by atoms with van der Waals surface area (Å²) in [5.74, 6) is 1.33. The van der Waals surface area contributed by atoms with Crippen LogP contribution in [-0.2, 0) is 0 Å². The summed E-state index contributed by atoms with van der Waals surface area (Å²) in [6.07, 6.45) is 1.45.